The highest BCUT2D eigenvalue weighted by molar-refractivity contribution is 6.01. The van der Waals surface area contributed by atoms with Crippen molar-refractivity contribution in [3.05, 3.63) is 29.8 Å². The fourth-order valence-corrected chi connectivity index (χ4v) is 3.11. The Hall–Kier alpha value is -1.84. The van der Waals surface area contributed by atoms with Gasteiger partial charge in [0.2, 0.25) is 11.8 Å². The minimum absolute atomic E-state index is 0.0219. The molecule has 2 amide bonds. The molecule has 0 aromatic heterocycles. The van der Waals surface area contributed by atoms with Gasteiger partial charge in [-0.05, 0) is 44.7 Å². The van der Waals surface area contributed by atoms with Crippen LogP contribution in [0.5, 0.6) is 0 Å². The molecule has 1 aliphatic carbocycles. The smallest absolute Gasteiger partial charge is 0.230 e. The van der Waals surface area contributed by atoms with E-state index in [4.69, 9.17) is 0 Å². The number of benzene rings is 1. The first kappa shape index (κ1) is 14.1. The van der Waals surface area contributed by atoms with Crippen molar-refractivity contribution < 1.29 is 9.59 Å². The van der Waals surface area contributed by atoms with E-state index in [9.17, 15) is 9.59 Å². The number of fused-ring (bicyclic) bond motifs is 1. The van der Waals surface area contributed by atoms with Crippen molar-refractivity contribution in [3.63, 3.8) is 0 Å². The highest BCUT2D eigenvalue weighted by Gasteiger charge is 2.50. The Bertz CT molecular complexity index is 568. The quantitative estimate of drug-likeness (QED) is 0.925. The average molecular weight is 286 g/mol. The van der Waals surface area contributed by atoms with Crippen molar-refractivity contribution in [1.29, 1.82) is 0 Å². The maximum absolute atomic E-state index is 12.7. The van der Waals surface area contributed by atoms with Gasteiger partial charge in [0.25, 0.3) is 0 Å². The summed E-state index contributed by atoms with van der Waals surface area (Å²) in [6.07, 6.45) is 2.72. The topological polar surface area (TPSA) is 49.4 Å². The van der Waals surface area contributed by atoms with E-state index in [1.54, 1.807) is 0 Å². The molecular weight excluding hydrogens is 264 g/mol. The number of nitrogens with zero attached hydrogens (tertiary/aromatic N) is 1. The lowest BCUT2D eigenvalue weighted by molar-refractivity contribution is -0.126. The van der Waals surface area contributed by atoms with Gasteiger partial charge < -0.3 is 10.2 Å². The fourth-order valence-electron chi connectivity index (χ4n) is 3.11. The summed E-state index contributed by atoms with van der Waals surface area (Å²) in [6.45, 7) is 4.65. The zero-order valence-corrected chi connectivity index (χ0v) is 12.6. The second kappa shape index (κ2) is 5.51. The van der Waals surface area contributed by atoms with Gasteiger partial charge in [-0.3, -0.25) is 9.59 Å². The Balaban J connectivity index is 1.70. The molecule has 1 aromatic carbocycles. The number of amides is 2. The van der Waals surface area contributed by atoms with Crippen LogP contribution >= 0.6 is 0 Å². The molecular formula is C17H22N2O2. The van der Waals surface area contributed by atoms with Crippen molar-refractivity contribution in [2.24, 2.45) is 11.8 Å². The Morgan fingerprint density at radius 1 is 1.24 bits per heavy atom. The van der Waals surface area contributed by atoms with Crippen LogP contribution in [0, 0.1) is 11.8 Å². The number of rotatable bonds is 3. The Morgan fingerprint density at radius 3 is 2.76 bits per heavy atom. The van der Waals surface area contributed by atoms with Gasteiger partial charge in [-0.15, -0.1) is 0 Å². The van der Waals surface area contributed by atoms with Crippen LogP contribution in [0.3, 0.4) is 0 Å². The molecule has 0 spiro atoms. The van der Waals surface area contributed by atoms with Gasteiger partial charge in [0.05, 0.1) is 11.8 Å². The van der Waals surface area contributed by atoms with E-state index in [0.717, 1.165) is 25.1 Å². The van der Waals surface area contributed by atoms with Crippen molar-refractivity contribution in [3.8, 4) is 0 Å². The summed E-state index contributed by atoms with van der Waals surface area (Å²) < 4.78 is 0. The van der Waals surface area contributed by atoms with E-state index in [-0.39, 0.29) is 29.7 Å². The Morgan fingerprint density at radius 2 is 2.00 bits per heavy atom. The SMILES string of the molecule is CC(C)NC(=O)C1CC1C(=O)N1CCCc2ccccc21. The van der Waals surface area contributed by atoms with Gasteiger partial charge in [-0.25, -0.2) is 0 Å². The van der Waals surface area contributed by atoms with E-state index < -0.39 is 0 Å². The third kappa shape index (κ3) is 2.80. The van der Waals surface area contributed by atoms with Crippen LogP contribution in [0.2, 0.25) is 0 Å². The lowest BCUT2D eigenvalue weighted by Crippen LogP contribution is -2.38. The molecule has 1 fully saturated rings. The zero-order valence-electron chi connectivity index (χ0n) is 12.6. The molecule has 4 nitrogen and oxygen atoms in total. The second-order valence-corrected chi connectivity index (χ2v) is 6.33. The van der Waals surface area contributed by atoms with Crippen LogP contribution in [-0.4, -0.2) is 24.4 Å². The molecule has 2 unspecified atom stereocenters. The van der Waals surface area contributed by atoms with Gasteiger partial charge in [-0.1, -0.05) is 18.2 Å². The molecule has 1 aromatic rings. The largest absolute Gasteiger partial charge is 0.354 e. The third-order valence-corrected chi connectivity index (χ3v) is 4.25. The minimum Gasteiger partial charge on any atom is -0.354 e. The van der Waals surface area contributed by atoms with Gasteiger partial charge >= 0.3 is 0 Å². The molecule has 1 heterocycles. The molecule has 2 aliphatic rings. The van der Waals surface area contributed by atoms with Crippen LogP contribution in [0.4, 0.5) is 5.69 Å². The number of para-hydroxylation sites is 1. The predicted octanol–water partition coefficient (Wildman–Crippen LogP) is 2.13. The first-order valence-electron chi connectivity index (χ1n) is 7.77. The summed E-state index contributed by atoms with van der Waals surface area (Å²) in [4.78, 5) is 26.5. The van der Waals surface area contributed by atoms with Crippen molar-refractivity contribution in [1.82, 2.24) is 5.32 Å². The normalized spacial score (nSPS) is 23.7. The molecule has 4 heteroatoms. The number of carbonyl (C=O) groups is 2. The summed E-state index contributed by atoms with van der Waals surface area (Å²) >= 11 is 0. The maximum Gasteiger partial charge on any atom is 0.230 e. The van der Waals surface area contributed by atoms with Crippen LogP contribution in [0.15, 0.2) is 24.3 Å². The highest BCUT2D eigenvalue weighted by atomic mass is 16.2. The van der Waals surface area contributed by atoms with Crippen molar-refractivity contribution in [2.45, 2.75) is 39.2 Å². The highest BCUT2D eigenvalue weighted by Crippen LogP contribution is 2.42. The molecule has 112 valence electrons. The van der Waals surface area contributed by atoms with Crippen LogP contribution in [0.25, 0.3) is 0 Å². The number of aryl methyl sites for hydroxylation is 1. The first-order chi connectivity index (χ1) is 10.1. The number of anilines is 1. The summed E-state index contributed by atoms with van der Waals surface area (Å²) in [5, 5.41) is 2.90. The second-order valence-electron chi connectivity index (χ2n) is 6.33. The average Bonchev–Trinajstić information content (AvgIpc) is 3.26. The van der Waals surface area contributed by atoms with E-state index in [0.29, 0.717) is 6.42 Å². The van der Waals surface area contributed by atoms with Gasteiger partial charge in [0.15, 0.2) is 0 Å². The molecule has 0 bridgehead atoms. The van der Waals surface area contributed by atoms with Crippen LogP contribution < -0.4 is 10.2 Å². The van der Waals surface area contributed by atoms with E-state index in [1.165, 1.54) is 5.56 Å². The molecule has 1 saturated carbocycles. The summed E-state index contributed by atoms with van der Waals surface area (Å²) in [5.74, 6) is -0.122. The number of nitrogens with one attached hydrogen (secondary N) is 1. The number of hydrogen-bond donors (Lipinski definition) is 1. The summed E-state index contributed by atoms with van der Waals surface area (Å²) in [5.41, 5.74) is 2.27. The molecule has 21 heavy (non-hydrogen) atoms. The van der Waals surface area contributed by atoms with Gasteiger partial charge in [0, 0.05) is 18.3 Å². The van der Waals surface area contributed by atoms with Crippen LogP contribution in [0.1, 0.15) is 32.3 Å². The molecule has 1 N–H and O–H groups in total. The van der Waals surface area contributed by atoms with Gasteiger partial charge in [0.1, 0.15) is 0 Å². The van der Waals surface area contributed by atoms with E-state index in [2.05, 4.69) is 11.4 Å². The lowest BCUT2D eigenvalue weighted by atomic mass is 10.0. The van der Waals surface area contributed by atoms with Crippen molar-refractivity contribution >= 4 is 17.5 Å². The molecule has 3 rings (SSSR count). The lowest BCUT2D eigenvalue weighted by Gasteiger charge is -2.29. The summed E-state index contributed by atoms with van der Waals surface area (Å²) in [7, 11) is 0. The standard InChI is InChI=1S/C17H22N2O2/c1-11(2)18-16(20)13-10-14(13)17(21)19-9-5-7-12-6-3-4-8-15(12)19/h3-4,6,8,11,13-14H,5,7,9-10H2,1-2H3,(H,18,20). The Labute approximate surface area is 125 Å². The predicted molar refractivity (Wildman–Crippen MR) is 82.0 cm³/mol. The summed E-state index contributed by atoms with van der Waals surface area (Å²) in [6, 6.07) is 8.22. The van der Waals surface area contributed by atoms with Crippen molar-refractivity contribution in [2.75, 3.05) is 11.4 Å². The first-order valence-corrected chi connectivity index (χ1v) is 7.77. The molecule has 2 atom stereocenters. The number of hydrogen-bond acceptors (Lipinski definition) is 2. The molecule has 1 aliphatic heterocycles. The number of carbonyl (C=O) groups excluding carboxylic acids is 2. The zero-order chi connectivity index (χ0) is 15.0. The third-order valence-electron chi connectivity index (χ3n) is 4.25. The minimum atomic E-state index is -0.131. The molecule has 0 saturated heterocycles. The fraction of sp³-hybridized carbons (Fsp3) is 0.529. The van der Waals surface area contributed by atoms with Gasteiger partial charge in [-0.2, -0.15) is 0 Å². The van der Waals surface area contributed by atoms with E-state index in [1.807, 2.05) is 36.9 Å². The maximum atomic E-state index is 12.7. The van der Waals surface area contributed by atoms with Crippen LogP contribution in [-0.2, 0) is 16.0 Å². The molecule has 0 radical (unpaired) electrons. The monoisotopic (exact) mass is 286 g/mol. The van der Waals surface area contributed by atoms with E-state index >= 15 is 0 Å². The Kier molecular flexibility index (Phi) is 3.70.